The number of hydrogen-bond donors (Lipinski definition) is 1. The van der Waals surface area contributed by atoms with Crippen LogP contribution in [-0.4, -0.2) is 38.0 Å². The lowest BCUT2D eigenvalue weighted by Crippen LogP contribution is -2.44. The Labute approximate surface area is 151 Å². The van der Waals surface area contributed by atoms with Crippen LogP contribution in [0.4, 0.5) is 5.69 Å². The number of aromatic nitrogens is 1. The van der Waals surface area contributed by atoms with Crippen molar-refractivity contribution in [2.75, 3.05) is 32.4 Å². The maximum Gasteiger partial charge on any atom is 0.235 e. The molecule has 0 unspecified atom stereocenters. The standard InChI is InChI=1S/C19H20N2O5/c1-23-17-5-3-14(11-20-17)21-18(22)19(6-8-24-9-7-19)13-2-4-15-16(10-13)26-12-25-15/h2-5,10-11H,6-9,12H2,1H3,(H,21,22). The van der Waals surface area contributed by atoms with E-state index in [-0.39, 0.29) is 12.7 Å². The lowest BCUT2D eigenvalue weighted by atomic mass is 9.73. The summed E-state index contributed by atoms with van der Waals surface area (Å²) < 4.78 is 21.4. The molecule has 1 aromatic carbocycles. The summed E-state index contributed by atoms with van der Waals surface area (Å²) in [5, 5.41) is 2.99. The number of carbonyl (C=O) groups is 1. The van der Waals surface area contributed by atoms with Gasteiger partial charge in [0.25, 0.3) is 0 Å². The van der Waals surface area contributed by atoms with Gasteiger partial charge in [-0.2, -0.15) is 0 Å². The highest BCUT2D eigenvalue weighted by atomic mass is 16.7. The molecule has 0 saturated carbocycles. The Bertz CT molecular complexity index is 800. The third-order valence-corrected chi connectivity index (χ3v) is 4.91. The second-order valence-corrected chi connectivity index (χ2v) is 6.31. The number of nitrogens with zero attached hydrogens (tertiary/aromatic N) is 1. The van der Waals surface area contributed by atoms with E-state index in [0.29, 0.717) is 49.1 Å². The zero-order chi connectivity index (χ0) is 18.0. The van der Waals surface area contributed by atoms with E-state index in [1.54, 1.807) is 25.4 Å². The quantitative estimate of drug-likeness (QED) is 0.907. The number of anilines is 1. The van der Waals surface area contributed by atoms with Gasteiger partial charge in [-0.05, 0) is 36.6 Å². The molecule has 136 valence electrons. The third-order valence-electron chi connectivity index (χ3n) is 4.91. The fraction of sp³-hybridized carbons (Fsp3) is 0.368. The zero-order valence-electron chi connectivity index (χ0n) is 14.5. The molecule has 3 heterocycles. The van der Waals surface area contributed by atoms with Gasteiger partial charge in [-0.25, -0.2) is 4.98 Å². The summed E-state index contributed by atoms with van der Waals surface area (Å²) in [5.74, 6) is 1.80. The number of rotatable bonds is 4. The molecule has 7 heteroatoms. The molecule has 2 aliphatic rings. The van der Waals surface area contributed by atoms with Crippen LogP contribution in [0.2, 0.25) is 0 Å². The second kappa shape index (κ2) is 6.84. The van der Waals surface area contributed by atoms with Gasteiger partial charge >= 0.3 is 0 Å². The molecule has 26 heavy (non-hydrogen) atoms. The van der Waals surface area contributed by atoms with Gasteiger partial charge in [0, 0.05) is 19.3 Å². The van der Waals surface area contributed by atoms with Gasteiger partial charge < -0.3 is 24.3 Å². The molecule has 0 aliphatic carbocycles. The minimum absolute atomic E-state index is 0.0772. The molecule has 0 bridgehead atoms. The van der Waals surface area contributed by atoms with Crippen molar-refractivity contribution in [2.24, 2.45) is 0 Å². The highest BCUT2D eigenvalue weighted by molar-refractivity contribution is 5.99. The summed E-state index contributed by atoms with van der Waals surface area (Å²) in [5.41, 5.74) is 0.852. The molecule has 2 aromatic rings. The minimum atomic E-state index is -0.681. The number of fused-ring (bicyclic) bond motifs is 1. The Morgan fingerprint density at radius 1 is 1.15 bits per heavy atom. The van der Waals surface area contributed by atoms with Crippen LogP contribution in [0.15, 0.2) is 36.5 Å². The van der Waals surface area contributed by atoms with Crippen molar-refractivity contribution in [3.63, 3.8) is 0 Å². The molecule has 1 fully saturated rings. The van der Waals surface area contributed by atoms with Crippen LogP contribution < -0.4 is 19.5 Å². The fourth-order valence-electron chi connectivity index (χ4n) is 3.39. The SMILES string of the molecule is COc1ccc(NC(=O)C2(c3ccc4c(c3)OCO4)CCOCC2)cn1. The fourth-order valence-corrected chi connectivity index (χ4v) is 3.39. The van der Waals surface area contributed by atoms with E-state index in [4.69, 9.17) is 18.9 Å². The van der Waals surface area contributed by atoms with Crippen LogP contribution in [-0.2, 0) is 14.9 Å². The lowest BCUT2D eigenvalue weighted by Gasteiger charge is -2.36. The van der Waals surface area contributed by atoms with Crippen molar-refractivity contribution >= 4 is 11.6 Å². The predicted octanol–water partition coefficient (Wildman–Crippen LogP) is 2.51. The van der Waals surface area contributed by atoms with E-state index >= 15 is 0 Å². The third kappa shape index (κ3) is 2.94. The van der Waals surface area contributed by atoms with Gasteiger partial charge in [-0.1, -0.05) is 6.07 Å². The minimum Gasteiger partial charge on any atom is -0.481 e. The van der Waals surface area contributed by atoms with E-state index < -0.39 is 5.41 Å². The Morgan fingerprint density at radius 3 is 2.69 bits per heavy atom. The summed E-state index contributed by atoms with van der Waals surface area (Å²) in [4.78, 5) is 17.4. The molecule has 1 amide bonds. The van der Waals surface area contributed by atoms with Crippen LogP contribution in [0.1, 0.15) is 18.4 Å². The molecule has 0 spiro atoms. The first kappa shape index (κ1) is 16.7. The average Bonchev–Trinajstić information content (AvgIpc) is 3.17. The number of amides is 1. The van der Waals surface area contributed by atoms with Crippen molar-refractivity contribution in [3.8, 4) is 17.4 Å². The maximum atomic E-state index is 13.2. The smallest absolute Gasteiger partial charge is 0.235 e. The van der Waals surface area contributed by atoms with Crippen LogP contribution >= 0.6 is 0 Å². The number of hydrogen-bond acceptors (Lipinski definition) is 6. The number of nitrogens with one attached hydrogen (secondary N) is 1. The Hall–Kier alpha value is -2.80. The lowest BCUT2D eigenvalue weighted by molar-refractivity contribution is -0.125. The van der Waals surface area contributed by atoms with Gasteiger partial charge in [0.05, 0.1) is 24.4 Å². The molecular weight excluding hydrogens is 336 g/mol. The predicted molar refractivity (Wildman–Crippen MR) is 93.7 cm³/mol. The van der Waals surface area contributed by atoms with E-state index in [0.717, 1.165) is 5.56 Å². The molecular formula is C19H20N2O5. The van der Waals surface area contributed by atoms with Gasteiger partial charge in [0.2, 0.25) is 18.6 Å². The highest BCUT2D eigenvalue weighted by Crippen LogP contribution is 2.41. The summed E-state index contributed by atoms with van der Waals surface area (Å²) in [6.07, 6.45) is 2.79. The normalized spacial score (nSPS) is 17.6. The van der Waals surface area contributed by atoms with Crippen molar-refractivity contribution in [2.45, 2.75) is 18.3 Å². The maximum absolute atomic E-state index is 13.2. The van der Waals surface area contributed by atoms with Gasteiger partial charge in [-0.15, -0.1) is 0 Å². The first-order chi connectivity index (χ1) is 12.7. The molecule has 1 aromatic heterocycles. The average molecular weight is 356 g/mol. The second-order valence-electron chi connectivity index (χ2n) is 6.31. The van der Waals surface area contributed by atoms with Gasteiger partial charge in [-0.3, -0.25) is 4.79 Å². The summed E-state index contributed by atoms with van der Waals surface area (Å²) in [6, 6.07) is 9.19. The topological polar surface area (TPSA) is 78.9 Å². The van der Waals surface area contributed by atoms with Crippen molar-refractivity contribution in [1.29, 1.82) is 0 Å². The monoisotopic (exact) mass is 356 g/mol. The summed E-state index contributed by atoms with van der Waals surface area (Å²) in [7, 11) is 1.55. The highest BCUT2D eigenvalue weighted by Gasteiger charge is 2.42. The Balaban J connectivity index is 1.64. The van der Waals surface area contributed by atoms with E-state index in [1.165, 1.54) is 0 Å². The number of carbonyl (C=O) groups excluding carboxylic acids is 1. The number of methoxy groups -OCH3 is 1. The molecule has 4 rings (SSSR count). The summed E-state index contributed by atoms with van der Waals surface area (Å²) >= 11 is 0. The first-order valence-corrected chi connectivity index (χ1v) is 8.51. The van der Waals surface area contributed by atoms with Crippen molar-refractivity contribution < 1.29 is 23.7 Å². The van der Waals surface area contributed by atoms with Crippen LogP contribution in [0.3, 0.4) is 0 Å². The molecule has 1 N–H and O–H groups in total. The number of ether oxygens (including phenoxy) is 4. The molecule has 2 aliphatic heterocycles. The molecule has 0 radical (unpaired) electrons. The van der Waals surface area contributed by atoms with Crippen LogP contribution in [0, 0.1) is 0 Å². The molecule has 7 nitrogen and oxygen atoms in total. The number of pyridine rings is 1. The summed E-state index contributed by atoms with van der Waals surface area (Å²) in [6.45, 7) is 1.27. The first-order valence-electron chi connectivity index (χ1n) is 8.51. The largest absolute Gasteiger partial charge is 0.481 e. The molecule has 1 saturated heterocycles. The van der Waals surface area contributed by atoms with Crippen molar-refractivity contribution in [1.82, 2.24) is 4.98 Å². The van der Waals surface area contributed by atoms with E-state index in [2.05, 4.69) is 10.3 Å². The van der Waals surface area contributed by atoms with Crippen LogP contribution in [0.5, 0.6) is 17.4 Å². The van der Waals surface area contributed by atoms with Gasteiger partial charge in [0.15, 0.2) is 11.5 Å². The Kier molecular flexibility index (Phi) is 4.38. The molecule has 0 atom stereocenters. The zero-order valence-corrected chi connectivity index (χ0v) is 14.5. The van der Waals surface area contributed by atoms with E-state index in [9.17, 15) is 4.79 Å². The van der Waals surface area contributed by atoms with Crippen LogP contribution in [0.25, 0.3) is 0 Å². The number of benzene rings is 1. The van der Waals surface area contributed by atoms with Gasteiger partial charge in [0.1, 0.15) is 0 Å². The Morgan fingerprint density at radius 2 is 1.96 bits per heavy atom. The van der Waals surface area contributed by atoms with Crippen molar-refractivity contribution in [3.05, 3.63) is 42.1 Å². The van der Waals surface area contributed by atoms with E-state index in [1.807, 2.05) is 18.2 Å².